The van der Waals surface area contributed by atoms with Crippen LogP contribution in [-0.2, 0) is 0 Å². The molecule has 0 aromatic heterocycles. The molecule has 0 radical (unpaired) electrons. The Balaban J connectivity index is 2.99. The third kappa shape index (κ3) is 3.42. The summed E-state index contributed by atoms with van der Waals surface area (Å²) in [7, 11) is 0. The van der Waals surface area contributed by atoms with Crippen LogP contribution in [0, 0.1) is 0 Å². The van der Waals surface area contributed by atoms with E-state index in [0.29, 0.717) is 10.6 Å². The maximum Gasteiger partial charge on any atom is 0.253 e. The number of amides is 1. The van der Waals surface area contributed by atoms with E-state index in [4.69, 9.17) is 11.6 Å². The molecule has 0 fully saturated rings. The SMILES string of the molecule is CCNc1ccc(Cl)cc1C(=O)NC(C)C. The van der Waals surface area contributed by atoms with Gasteiger partial charge in [-0.05, 0) is 39.0 Å². The van der Waals surface area contributed by atoms with Crippen LogP contribution in [0.1, 0.15) is 31.1 Å². The zero-order valence-electron chi connectivity index (χ0n) is 9.80. The Kier molecular flexibility index (Phi) is 4.62. The summed E-state index contributed by atoms with van der Waals surface area (Å²) >= 11 is 5.89. The van der Waals surface area contributed by atoms with Crippen molar-refractivity contribution in [3.05, 3.63) is 28.8 Å². The van der Waals surface area contributed by atoms with E-state index in [0.717, 1.165) is 12.2 Å². The van der Waals surface area contributed by atoms with Crippen LogP contribution >= 0.6 is 11.6 Å². The molecule has 0 spiro atoms. The number of hydrogen-bond donors (Lipinski definition) is 2. The van der Waals surface area contributed by atoms with Crippen molar-refractivity contribution in [2.24, 2.45) is 0 Å². The molecule has 2 N–H and O–H groups in total. The fourth-order valence-electron chi connectivity index (χ4n) is 1.39. The monoisotopic (exact) mass is 240 g/mol. The largest absolute Gasteiger partial charge is 0.385 e. The number of nitrogens with one attached hydrogen (secondary N) is 2. The summed E-state index contributed by atoms with van der Waals surface area (Å²) in [6.07, 6.45) is 0. The number of hydrogen-bond acceptors (Lipinski definition) is 2. The van der Waals surface area contributed by atoms with E-state index >= 15 is 0 Å². The van der Waals surface area contributed by atoms with Crippen molar-refractivity contribution in [3.8, 4) is 0 Å². The zero-order valence-corrected chi connectivity index (χ0v) is 10.6. The number of benzene rings is 1. The highest BCUT2D eigenvalue weighted by molar-refractivity contribution is 6.31. The molecule has 0 saturated heterocycles. The van der Waals surface area contributed by atoms with Crippen LogP contribution in [0.25, 0.3) is 0 Å². The van der Waals surface area contributed by atoms with Crippen LogP contribution in [-0.4, -0.2) is 18.5 Å². The van der Waals surface area contributed by atoms with Crippen LogP contribution in [0.5, 0.6) is 0 Å². The van der Waals surface area contributed by atoms with E-state index < -0.39 is 0 Å². The second kappa shape index (κ2) is 5.75. The van der Waals surface area contributed by atoms with Gasteiger partial charge in [-0.25, -0.2) is 0 Å². The van der Waals surface area contributed by atoms with Gasteiger partial charge in [0.2, 0.25) is 0 Å². The molecule has 1 amide bonds. The van der Waals surface area contributed by atoms with Gasteiger partial charge < -0.3 is 10.6 Å². The summed E-state index contributed by atoms with van der Waals surface area (Å²) in [4.78, 5) is 11.9. The highest BCUT2D eigenvalue weighted by atomic mass is 35.5. The van der Waals surface area contributed by atoms with Crippen LogP contribution in [0.15, 0.2) is 18.2 Å². The average Bonchev–Trinajstić information content (AvgIpc) is 2.20. The molecule has 0 saturated carbocycles. The maximum atomic E-state index is 11.9. The summed E-state index contributed by atoms with van der Waals surface area (Å²) in [5.41, 5.74) is 1.40. The number of rotatable bonds is 4. The van der Waals surface area contributed by atoms with Crippen LogP contribution in [0.4, 0.5) is 5.69 Å². The first kappa shape index (κ1) is 12.8. The summed E-state index contributed by atoms with van der Waals surface area (Å²) in [6.45, 7) is 6.60. The number of carbonyl (C=O) groups excluding carboxylic acids is 1. The van der Waals surface area contributed by atoms with Gasteiger partial charge in [-0.2, -0.15) is 0 Å². The lowest BCUT2D eigenvalue weighted by molar-refractivity contribution is 0.0944. The van der Waals surface area contributed by atoms with Gasteiger partial charge in [0, 0.05) is 23.3 Å². The van der Waals surface area contributed by atoms with Gasteiger partial charge in [0.15, 0.2) is 0 Å². The maximum absolute atomic E-state index is 11.9. The second-order valence-corrected chi connectivity index (χ2v) is 4.28. The van der Waals surface area contributed by atoms with Gasteiger partial charge in [0.1, 0.15) is 0 Å². The van der Waals surface area contributed by atoms with E-state index in [1.54, 1.807) is 12.1 Å². The third-order valence-corrected chi connectivity index (χ3v) is 2.25. The van der Waals surface area contributed by atoms with Gasteiger partial charge in [-0.15, -0.1) is 0 Å². The number of carbonyl (C=O) groups is 1. The molecular weight excluding hydrogens is 224 g/mol. The third-order valence-electron chi connectivity index (χ3n) is 2.01. The Morgan fingerprint density at radius 1 is 1.44 bits per heavy atom. The molecule has 0 aliphatic rings. The van der Waals surface area contributed by atoms with E-state index in [1.165, 1.54) is 0 Å². The Morgan fingerprint density at radius 3 is 2.69 bits per heavy atom. The predicted molar refractivity (Wildman–Crippen MR) is 68.2 cm³/mol. The van der Waals surface area contributed by atoms with Gasteiger partial charge >= 0.3 is 0 Å². The number of anilines is 1. The van der Waals surface area contributed by atoms with E-state index in [9.17, 15) is 4.79 Å². The molecule has 3 nitrogen and oxygen atoms in total. The summed E-state index contributed by atoms with van der Waals surface area (Å²) in [6, 6.07) is 5.38. The van der Waals surface area contributed by atoms with Crippen molar-refractivity contribution in [1.29, 1.82) is 0 Å². The molecule has 88 valence electrons. The minimum Gasteiger partial charge on any atom is -0.385 e. The fourth-order valence-corrected chi connectivity index (χ4v) is 1.56. The Labute approximate surface area is 101 Å². The van der Waals surface area contributed by atoms with Crippen LogP contribution < -0.4 is 10.6 Å². The molecule has 0 aliphatic heterocycles. The number of halogens is 1. The molecule has 1 aromatic rings. The first-order chi connectivity index (χ1) is 7.54. The molecule has 0 aliphatic carbocycles. The van der Waals surface area contributed by atoms with Crippen molar-refractivity contribution in [1.82, 2.24) is 5.32 Å². The standard InChI is InChI=1S/C12H17ClN2O/c1-4-14-11-6-5-9(13)7-10(11)12(16)15-8(2)3/h5-8,14H,4H2,1-3H3,(H,15,16). The Hall–Kier alpha value is -1.22. The van der Waals surface area contributed by atoms with E-state index in [2.05, 4.69) is 10.6 Å². The highest BCUT2D eigenvalue weighted by Crippen LogP contribution is 2.20. The van der Waals surface area contributed by atoms with E-state index in [-0.39, 0.29) is 11.9 Å². The van der Waals surface area contributed by atoms with Crippen molar-refractivity contribution < 1.29 is 4.79 Å². The fraction of sp³-hybridized carbons (Fsp3) is 0.417. The van der Waals surface area contributed by atoms with Crippen LogP contribution in [0.3, 0.4) is 0 Å². The highest BCUT2D eigenvalue weighted by Gasteiger charge is 2.12. The van der Waals surface area contributed by atoms with Crippen molar-refractivity contribution >= 4 is 23.2 Å². The van der Waals surface area contributed by atoms with Gasteiger partial charge in [-0.3, -0.25) is 4.79 Å². The second-order valence-electron chi connectivity index (χ2n) is 3.85. The van der Waals surface area contributed by atoms with Gasteiger partial charge in [0.05, 0.1) is 5.56 Å². The minimum atomic E-state index is -0.103. The van der Waals surface area contributed by atoms with Crippen molar-refractivity contribution in [2.75, 3.05) is 11.9 Å². The average molecular weight is 241 g/mol. The first-order valence-electron chi connectivity index (χ1n) is 5.39. The van der Waals surface area contributed by atoms with Gasteiger partial charge in [0.25, 0.3) is 5.91 Å². The lowest BCUT2D eigenvalue weighted by Crippen LogP contribution is -2.30. The smallest absolute Gasteiger partial charge is 0.253 e. The van der Waals surface area contributed by atoms with Crippen molar-refractivity contribution in [3.63, 3.8) is 0 Å². The Morgan fingerprint density at radius 2 is 2.12 bits per heavy atom. The topological polar surface area (TPSA) is 41.1 Å². The molecule has 16 heavy (non-hydrogen) atoms. The van der Waals surface area contributed by atoms with Crippen molar-refractivity contribution in [2.45, 2.75) is 26.8 Å². The Bertz CT molecular complexity index is 377. The normalized spacial score (nSPS) is 10.3. The molecule has 1 rings (SSSR count). The van der Waals surface area contributed by atoms with Gasteiger partial charge in [-0.1, -0.05) is 11.6 Å². The zero-order chi connectivity index (χ0) is 12.1. The molecule has 1 aromatic carbocycles. The molecule has 0 bridgehead atoms. The molecular formula is C12H17ClN2O. The lowest BCUT2D eigenvalue weighted by Gasteiger charge is -2.13. The quantitative estimate of drug-likeness (QED) is 0.850. The van der Waals surface area contributed by atoms with E-state index in [1.807, 2.05) is 26.8 Å². The lowest BCUT2D eigenvalue weighted by atomic mass is 10.1. The predicted octanol–water partition coefficient (Wildman–Crippen LogP) is 2.91. The molecule has 0 atom stereocenters. The molecule has 0 heterocycles. The summed E-state index contributed by atoms with van der Waals surface area (Å²) in [5, 5.41) is 6.55. The minimum absolute atomic E-state index is 0.103. The van der Waals surface area contributed by atoms with Crippen LogP contribution in [0.2, 0.25) is 5.02 Å². The molecule has 0 unspecified atom stereocenters. The summed E-state index contributed by atoms with van der Waals surface area (Å²) in [5.74, 6) is -0.103. The first-order valence-corrected chi connectivity index (χ1v) is 5.76. The molecule has 4 heteroatoms. The summed E-state index contributed by atoms with van der Waals surface area (Å²) < 4.78 is 0.